The Labute approximate surface area is 133 Å². The van der Waals surface area contributed by atoms with Crippen LogP contribution in [0.2, 0.25) is 0 Å². The quantitative estimate of drug-likeness (QED) is 0.705. The highest BCUT2D eigenvalue weighted by Gasteiger charge is 2.46. The Morgan fingerprint density at radius 1 is 1.18 bits per heavy atom. The molecule has 5 heteroatoms. The normalized spacial score (nSPS) is 23.6. The van der Waals surface area contributed by atoms with Crippen LogP contribution in [0.1, 0.15) is 53.4 Å². The molecule has 2 aliphatic rings. The molecule has 0 aromatic carbocycles. The van der Waals surface area contributed by atoms with Crippen LogP contribution < -0.4 is 0 Å². The first-order valence-corrected chi connectivity index (χ1v) is 8.15. The lowest BCUT2D eigenvalue weighted by atomic mass is 9.76. The SMILES string of the molecule is C1CC2CC12.CCOC(=O)CC(C#N)(C(=O)OCC)C(C)C. The van der Waals surface area contributed by atoms with Gasteiger partial charge in [-0.3, -0.25) is 9.59 Å². The molecule has 22 heavy (non-hydrogen) atoms. The van der Waals surface area contributed by atoms with Crippen LogP contribution >= 0.6 is 0 Å². The lowest BCUT2D eigenvalue weighted by Gasteiger charge is -2.26. The van der Waals surface area contributed by atoms with Gasteiger partial charge in [0, 0.05) is 0 Å². The van der Waals surface area contributed by atoms with Gasteiger partial charge < -0.3 is 9.47 Å². The van der Waals surface area contributed by atoms with Crippen LogP contribution in [-0.4, -0.2) is 25.2 Å². The Morgan fingerprint density at radius 2 is 1.73 bits per heavy atom. The topological polar surface area (TPSA) is 76.4 Å². The Bertz CT molecular complexity index is 428. The molecule has 124 valence electrons. The highest BCUT2D eigenvalue weighted by molar-refractivity contribution is 5.86. The van der Waals surface area contributed by atoms with E-state index in [0.29, 0.717) is 0 Å². The van der Waals surface area contributed by atoms with E-state index >= 15 is 0 Å². The van der Waals surface area contributed by atoms with E-state index < -0.39 is 17.4 Å². The summed E-state index contributed by atoms with van der Waals surface area (Å²) in [6, 6.07) is 1.91. The molecule has 3 unspecified atom stereocenters. The number of hydrogen-bond acceptors (Lipinski definition) is 5. The molecular formula is C17H27NO4. The number of fused-ring (bicyclic) bond motifs is 1. The van der Waals surface area contributed by atoms with Crippen LogP contribution in [0.3, 0.4) is 0 Å². The van der Waals surface area contributed by atoms with Crippen LogP contribution in [0.25, 0.3) is 0 Å². The van der Waals surface area contributed by atoms with E-state index in [4.69, 9.17) is 9.47 Å². The molecular weight excluding hydrogens is 282 g/mol. The molecule has 0 spiro atoms. The maximum Gasteiger partial charge on any atom is 0.327 e. The van der Waals surface area contributed by atoms with Gasteiger partial charge >= 0.3 is 11.9 Å². The molecule has 0 amide bonds. The van der Waals surface area contributed by atoms with Crippen LogP contribution in [-0.2, 0) is 19.1 Å². The smallest absolute Gasteiger partial charge is 0.327 e. The molecule has 2 rings (SSSR count). The van der Waals surface area contributed by atoms with Crippen molar-refractivity contribution in [3.05, 3.63) is 0 Å². The Kier molecular flexibility index (Phi) is 6.86. The fourth-order valence-electron chi connectivity index (χ4n) is 2.61. The summed E-state index contributed by atoms with van der Waals surface area (Å²) in [6.07, 6.45) is 4.43. The van der Waals surface area contributed by atoms with Gasteiger partial charge in [-0.2, -0.15) is 5.26 Å². The van der Waals surface area contributed by atoms with Crippen LogP contribution in [0, 0.1) is 34.5 Å². The summed E-state index contributed by atoms with van der Waals surface area (Å²) >= 11 is 0. The van der Waals surface area contributed by atoms with Crippen molar-refractivity contribution in [3.8, 4) is 6.07 Å². The van der Waals surface area contributed by atoms with E-state index in [1.807, 2.05) is 6.07 Å². The Hall–Kier alpha value is -1.57. The van der Waals surface area contributed by atoms with Crippen molar-refractivity contribution < 1.29 is 19.1 Å². The standard InChI is InChI=1S/C12H19NO4.C5H8/c1-5-16-10(14)7-12(8-13,9(3)4)11(15)17-6-2;1-2-5-3-4(1)5/h9H,5-7H2,1-4H3;4-5H,1-3H2. The molecule has 2 aliphatic carbocycles. The third-order valence-electron chi connectivity index (χ3n) is 4.53. The summed E-state index contributed by atoms with van der Waals surface area (Å²) in [5.41, 5.74) is -1.46. The first-order valence-electron chi connectivity index (χ1n) is 8.15. The first-order chi connectivity index (χ1) is 10.4. The fraction of sp³-hybridized carbons (Fsp3) is 0.824. The minimum Gasteiger partial charge on any atom is -0.466 e. The van der Waals surface area contributed by atoms with Crippen molar-refractivity contribution in [1.82, 2.24) is 0 Å². The minimum atomic E-state index is -1.46. The molecule has 0 aromatic rings. The van der Waals surface area contributed by atoms with Gasteiger partial charge in [0.25, 0.3) is 0 Å². The van der Waals surface area contributed by atoms with Crippen LogP contribution in [0.4, 0.5) is 0 Å². The van der Waals surface area contributed by atoms with Gasteiger partial charge in [0.2, 0.25) is 0 Å². The number of nitrogens with zero attached hydrogens (tertiary/aromatic N) is 1. The van der Waals surface area contributed by atoms with Crippen LogP contribution in [0.15, 0.2) is 0 Å². The number of ether oxygens (including phenoxy) is 2. The maximum atomic E-state index is 11.8. The molecule has 0 aromatic heterocycles. The molecule has 0 bridgehead atoms. The molecule has 2 fully saturated rings. The lowest BCUT2D eigenvalue weighted by Crippen LogP contribution is -2.39. The molecule has 2 saturated carbocycles. The molecule has 0 N–H and O–H groups in total. The number of hydrogen-bond donors (Lipinski definition) is 0. The zero-order valence-electron chi connectivity index (χ0n) is 14.1. The summed E-state index contributed by atoms with van der Waals surface area (Å²) in [6.45, 7) is 7.15. The molecule has 5 nitrogen and oxygen atoms in total. The Balaban J connectivity index is 0.000000391. The van der Waals surface area contributed by atoms with E-state index in [2.05, 4.69) is 0 Å². The van der Waals surface area contributed by atoms with Crippen molar-refractivity contribution in [2.75, 3.05) is 13.2 Å². The average molecular weight is 309 g/mol. The second kappa shape index (κ2) is 8.17. The van der Waals surface area contributed by atoms with Gasteiger partial charge in [-0.25, -0.2) is 0 Å². The number of nitriles is 1. The second-order valence-corrected chi connectivity index (χ2v) is 6.27. The summed E-state index contributed by atoms with van der Waals surface area (Å²) in [5, 5.41) is 9.20. The minimum absolute atomic E-state index is 0.178. The number of carbonyl (C=O) groups excluding carboxylic acids is 2. The van der Waals surface area contributed by atoms with Gasteiger partial charge in [0.15, 0.2) is 5.41 Å². The van der Waals surface area contributed by atoms with Crippen molar-refractivity contribution in [1.29, 1.82) is 5.26 Å². The number of rotatable bonds is 6. The van der Waals surface area contributed by atoms with Crippen LogP contribution in [0.5, 0.6) is 0 Å². The lowest BCUT2D eigenvalue weighted by molar-refractivity contribution is -0.161. The van der Waals surface area contributed by atoms with Crippen molar-refractivity contribution in [2.24, 2.45) is 23.2 Å². The molecule has 0 saturated heterocycles. The van der Waals surface area contributed by atoms with Crippen molar-refractivity contribution in [3.63, 3.8) is 0 Å². The van der Waals surface area contributed by atoms with E-state index in [1.54, 1.807) is 47.0 Å². The summed E-state index contributed by atoms with van der Waals surface area (Å²) in [4.78, 5) is 23.3. The Morgan fingerprint density at radius 3 is 2.00 bits per heavy atom. The summed E-state index contributed by atoms with van der Waals surface area (Å²) < 4.78 is 9.65. The molecule has 0 heterocycles. The summed E-state index contributed by atoms with van der Waals surface area (Å²) in [5.74, 6) is 0.919. The fourth-order valence-corrected chi connectivity index (χ4v) is 2.61. The zero-order chi connectivity index (χ0) is 16.8. The third kappa shape index (κ3) is 4.46. The largest absolute Gasteiger partial charge is 0.466 e. The highest BCUT2D eigenvalue weighted by Crippen LogP contribution is 2.55. The van der Waals surface area contributed by atoms with E-state index in [0.717, 1.165) is 0 Å². The van der Waals surface area contributed by atoms with Gasteiger partial charge in [0.05, 0.1) is 25.7 Å². The highest BCUT2D eigenvalue weighted by atomic mass is 16.5. The van der Waals surface area contributed by atoms with Gasteiger partial charge in [-0.05, 0) is 50.9 Å². The summed E-state index contributed by atoms with van der Waals surface area (Å²) in [7, 11) is 0. The van der Waals surface area contributed by atoms with Gasteiger partial charge in [-0.1, -0.05) is 13.8 Å². The average Bonchev–Trinajstić information content (AvgIpc) is 3.03. The number of esters is 2. The third-order valence-corrected chi connectivity index (χ3v) is 4.53. The maximum absolute atomic E-state index is 11.8. The van der Waals surface area contributed by atoms with E-state index in [9.17, 15) is 14.9 Å². The van der Waals surface area contributed by atoms with Gasteiger partial charge in [-0.15, -0.1) is 0 Å². The first kappa shape index (κ1) is 18.5. The second-order valence-electron chi connectivity index (χ2n) is 6.27. The van der Waals surface area contributed by atoms with Gasteiger partial charge in [0.1, 0.15) is 0 Å². The molecule has 0 radical (unpaired) electrons. The zero-order valence-corrected chi connectivity index (χ0v) is 14.1. The van der Waals surface area contributed by atoms with E-state index in [1.165, 1.54) is 11.8 Å². The van der Waals surface area contributed by atoms with Crippen molar-refractivity contribution in [2.45, 2.75) is 53.4 Å². The molecule has 3 atom stereocenters. The predicted octanol–water partition coefficient (Wildman–Crippen LogP) is 3.08. The monoisotopic (exact) mass is 309 g/mol. The van der Waals surface area contributed by atoms with E-state index in [-0.39, 0.29) is 25.6 Å². The number of carbonyl (C=O) groups is 2. The van der Waals surface area contributed by atoms with Crippen molar-refractivity contribution >= 4 is 11.9 Å². The molecule has 0 aliphatic heterocycles. The predicted molar refractivity (Wildman–Crippen MR) is 81.6 cm³/mol.